The summed E-state index contributed by atoms with van der Waals surface area (Å²) in [6, 6.07) is -1.90. The zero-order valence-corrected chi connectivity index (χ0v) is 9.44. The quantitative estimate of drug-likeness (QED) is 0.483. The lowest BCUT2D eigenvalue weighted by atomic mass is 10.2. The van der Waals surface area contributed by atoms with E-state index in [2.05, 4.69) is 15.4 Å². The summed E-state index contributed by atoms with van der Waals surface area (Å²) < 4.78 is 4.40. The van der Waals surface area contributed by atoms with Crippen LogP contribution in [0, 0.1) is 0 Å². The Hall–Kier alpha value is -1.63. The third kappa shape index (κ3) is 4.74. The highest BCUT2D eigenvalue weighted by Gasteiger charge is 2.22. The van der Waals surface area contributed by atoms with E-state index in [-0.39, 0.29) is 0 Å². The molecule has 0 spiro atoms. The van der Waals surface area contributed by atoms with E-state index in [0.29, 0.717) is 0 Å². The van der Waals surface area contributed by atoms with Crippen LogP contribution in [0.3, 0.4) is 0 Å². The van der Waals surface area contributed by atoms with E-state index >= 15 is 0 Å². The summed E-state index contributed by atoms with van der Waals surface area (Å²) in [6.07, 6.45) is 0. The number of aliphatic hydroxyl groups excluding tert-OH is 1. The smallest absolute Gasteiger partial charge is 0.328 e. The van der Waals surface area contributed by atoms with Crippen molar-refractivity contribution in [3.05, 3.63) is 0 Å². The first-order valence-corrected chi connectivity index (χ1v) is 4.68. The molecule has 0 saturated carbocycles. The van der Waals surface area contributed by atoms with Crippen molar-refractivity contribution in [2.45, 2.75) is 25.9 Å². The number of methoxy groups -OCH3 is 1. The Labute approximate surface area is 93.2 Å². The number of carbonyl (C=O) groups is 3. The van der Waals surface area contributed by atoms with E-state index in [9.17, 15) is 14.4 Å². The molecule has 92 valence electrons. The molecule has 2 atom stereocenters. The maximum Gasteiger partial charge on any atom is 0.328 e. The largest absolute Gasteiger partial charge is 0.467 e. The third-order valence-corrected chi connectivity index (χ3v) is 1.79. The molecule has 0 radical (unpaired) electrons. The van der Waals surface area contributed by atoms with Crippen molar-refractivity contribution in [3.63, 3.8) is 0 Å². The first-order valence-electron chi connectivity index (χ1n) is 4.68. The van der Waals surface area contributed by atoms with E-state index in [0.717, 1.165) is 0 Å². The molecule has 3 N–H and O–H groups in total. The minimum absolute atomic E-state index is 0.445. The second kappa shape index (κ2) is 6.78. The SMILES string of the molecule is COC(=O)[C@H](C)NC(=O)[C@H](CO)NC(C)=O. The Bertz CT molecular complexity index is 279. The van der Waals surface area contributed by atoms with Gasteiger partial charge in [0.1, 0.15) is 12.1 Å². The lowest BCUT2D eigenvalue weighted by Gasteiger charge is -2.17. The molecule has 7 heteroatoms. The lowest BCUT2D eigenvalue weighted by molar-refractivity contribution is -0.145. The highest BCUT2D eigenvalue weighted by atomic mass is 16.5. The van der Waals surface area contributed by atoms with Crippen LogP contribution in [0.1, 0.15) is 13.8 Å². The van der Waals surface area contributed by atoms with Gasteiger partial charge in [-0.2, -0.15) is 0 Å². The summed E-state index contributed by atoms with van der Waals surface area (Å²) in [5, 5.41) is 13.4. The molecular weight excluding hydrogens is 216 g/mol. The molecule has 0 heterocycles. The summed E-state index contributed by atoms with van der Waals surface area (Å²) in [6.45, 7) is 2.12. The van der Waals surface area contributed by atoms with Gasteiger partial charge in [0.25, 0.3) is 0 Å². The van der Waals surface area contributed by atoms with Gasteiger partial charge in [-0.3, -0.25) is 9.59 Å². The predicted octanol–water partition coefficient (Wildman–Crippen LogP) is -1.84. The van der Waals surface area contributed by atoms with E-state index < -0.39 is 36.5 Å². The molecule has 0 aromatic carbocycles. The molecule has 0 aliphatic heterocycles. The third-order valence-electron chi connectivity index (χ3n) is 1.79. The van der Waals surface area contributed by atoms with Crippen LogP contribution in [0.15, 0.2) is 0 Å². The molecule has 0 rings (SSSR count). The zero-order valence-electron chi connectivity index (χ0n) is 9.44. The first-order chi connectivity index (χ1) is 7.42. The number of carbonyl (C=O) groups excluding carboxylic acids is 3. The summed E-state index contributed by atoms with van der Waals surface area (Å²) in [5.41, 5.74) is 0. The topological polar surface area (TPSA) is 105 Å². The standard InChI is InChI=1S/C9H16N2O5/c1-5(9(15)16-3)10-8(14)7(4-12)11-6(2)13/h5,7,12H,4H2,1-3H3,(H,10,14)(H,11,13)/t5-,7-/m0/s1. The summed E-state index contributed by atoms with van der Waals surface area (Å²) in [5.74, 6) is -1.69. The van der Waals surface area contributed by atoms with E-state index in [4.69, 9.17) is 5.11 Å². The van der Waals surface area contributed by atoms with Gasteiger partial charge in [-0.1, -0.05) is 0 Å². The van der Waals surface area contributed by atoms with Crippen LogP contribution in [0.5, 0.6) is 0 Å². The zero-order chi connectivity index (χ0) is 12.7. The van der Waals surface area contributed by atoms with Gasteiger partial charge in [0.05, 0.1) is 13.7 Å². The van der Waals surface area contributed by atoms with E-state index in [1.54, 1.807) is 0 Å². The minimum Gasteiger partial charge on any atom is -0.467 e. The van der Waals surface area contributed by atoms with Gasteiger partial charge in [0, 0.05) is 6.92 Å². The fourth-order valence-corrected chi connectivity index (χ4v) is 0.989. The maximum absolute atomic E-state index is 11.4. The lowest BCUT2D eigenvalue weighted by Crippen LogP contribution is -2.52. The summed E-state index contributed by atoms with van der Waals surface area (Å²) in [4.78, 5) is 33.1. The van der Waals surface area contributed by atoms with Gasteiger partial charge in [-0.05, 0) is 6.92 Å². The summed E-state index contributed by atoms with van der Waals surface area (Å²) in [7, 11) is 1.20. The van der Waals surface area contributed by atoms with Crippen molar-refractivity contribution in [1.82, 2.24) is 10.6 Å². The van der Waals surface area contributed by atoms with Crippen LogP contribution < -0.4 is 10.6 Å². The van der Waals surface area contributed by atoms with Gasteiger partial charge < -0.3 is 20.5 Å². The number of amides is 2. The summed E-state index contributed by atoms with van der Waals surface area (Å²) >= 11 is 0. The molecule has 0 aliphatic rings. The Kier molecular flexibility index (Phi) is 6.09. The monoisotopic (exact) mass is 232 g/mol. The Morgan fingerprint density at radius 1 is 1.31 bits per heavy atom. The molecule has 16 heavy (non-hydrogen) atoms. The van der Waals surface area contributed by atoms with Crippen LogP contribution in [-0.4, -0.2) is 48.7 Å². The van der Waals surface area contributed by atoms with Gasteiger partial charge >= 0.3 is 5.97 Å². The second-order valence-corrected chi connectivity index (χ2v) is 3.19. The average Bonchev–Trinajstić information content (AvgIpc) is 2.23. The first kappa shape index (κ1) is 14.4. The normalized spacial score (nSPS) is 13.5. The number of rotatable bonds is 5. The molecule has 7 nitrogen and oxygen atoms in total. The second-order valence-electron chi connectivity index (χ2n) is 3.19. The van der Waals surface area contributed by atoms with Crippen molar-refractivity contribution < 1.29 is 24.2 Å². The molecule has 0 aliphatic carbocycles. The maximum atomic E-state index is 11.4. The van der Waals surface area contributed by atoms with Crippen LogP contribution in [0.25, 0.3) is 0 Å². The fourth-order valence-electron chi connectivity index (χ4n) is 0.989. The highest BCUT2D eigenvalue weighted by Crippen LogP contribution is 1.89. The molecule has 0 aromatic heterocycles. The van der Waals surface area contributed by atoms with Gasteiger partial charge in [0.2, 0.25) is 11.8 Å². The van der Waals surface area contributed by atoms with E-state index in [1.165, 1.54) is 21.0 Å². The molecule has 0 aromatic rings. The van der Waals surface area contributed by atoms with Gasteiger partial charge in [-0.25, -0.2) is 4.79 Å². The van der Waals surface area contributed by atoms with Crippen molar-refractivity contribution in [3.8, 4) is 0 Å². The minimum atomic E-state index is -1.07. The van der Waals surface area contributed by atoms with Crippen molar-refractivity contribution in [2.75, 3.05) is 13.7 Å². The van der Waals surface area contributed by atoms with Crippen molar-refractivity contribution in [2.24, 2.45) is 0 Å². The molecule has 0 saturated heterocycles. The van der Waals surface area contributed by atoms with Crippen LogP contribution >= 0.6 is 0 Å². The van der Waals surface area contributed by atoms with Crippen LogP contribution in [0.4, 0.5) is 0 Å². The number of hydrogen-bond donors (Lipinski definition) is 3. The Balaban J connectivity index is 4.31. The number of esters is 1. The Morgan fingerprint density at radius 3 is 2.25 bits per heavy atom. The van der Waals surface area contributed by atoms with Crippen molar-refractivity contribution >= 4 is 17.8 Å². The predicted molar refractivity (Wildman–Crippen MR) is 54.3 cm³/mol. The fraction of sp³-hybridized carbons (Fsp3) is 0.667. The van der Waals surface area contributed by atoms with Gasteiger partial charge in [-0.15, -0.1) is 0 Å². The number of ether oxygens (including phenoxy) is 1. The number of aliphatic hydroxyl groups is 1. The molecule has 2 amide bonds. The van der Waals surface area contributed by atoms with Gasteiger partial charge in [0.15, 0.2) is 0 Å². The number of hydrogen-bond acceptors (Lipinski definition) is 5. The van der Waals surface area contributed by atoms with E-state index in [1.807, 2.05) is 0 Å². The molecule has 0 fully saturated rings. The average molecular weight is 232 g/mol. The van der Waals surface area contributed by atoms with Crippen LogP contribution in [0.2, 0.25) is 0 Å². The Morgan fingerprint density at radius 2 is 1.88 bits per heavy atom. The highest BCUT2D eigenvalue weighted by molar-refractivity contribution is 5.90. The molecular formula is C9H16N2O5. The van der Waals surface area contributed by atoms with Crippen LogP contribution in [-0.2, 0) is 19.1 Å². The molecule has 0 unspecified atom stereocenters. The molecule has 0 bridgehead atoms. The van der Waals surface area contributed by atoms with Crippen molar-refractivity contribution in [1.29, 1.82) is 0 Å². The number of nitrogens with one attached hydrogen (secondary N) is 2.